The summed E-state index contributed by atoms with van der Waals surface area (Å²) in [6, 6.07) is 5.41. The van der Waals surface area contributed by atoms with Crippen molar-refractivity contribution in [2.45, 2.75) is 31.8 Å². The van der Waals surface area contributed by atoms with Gasteiger partial charge in [0.15, 0.2) is 11.2 Å². The average Bonchev–Trinajstić information content (AvgIpc) is 3.25. The zero-order chi connectivity index (χ0) is 20.9. The van der Waals surface area contributed by atoms with Crippen molar-refractivity contribution in [3.05, 3.63) is 35.0 Å². The van der Waals surface area contributed by atoms with E-state index in [1.165, 1.54) is 11.3 Å². The minimum atomic E-state index is -3.81. The third-order valence-electron chi connectivity index (χ3n) is 4.65. The summed E-state index contributed by atoms with van der Waals surface area (Å²) in [5.74, 6) is 0.484. The molecule has 9 nitrogen and oxygen atoms in total. The highest BCUT2D eigenvalue weighted by Gasteiger charge is 2.29. The first kappa shape index (κ1) is 19.4. The van der Waals surface area contributed by atoms with Crippen LogP contribution in [-0.4, -0.2) is 42.7 Å². The smallest absolute Gasteiger partial charge is 0.267 e. The number of likely N-dealkylation sites (N-methyl/N-ethyl adjacent to an activating group) is 1. The minimum Gasteiger partial charge on any atom is -0.479 e. The highest BCUT2D eigenvalue weighted by atomic mass is 32.2. The van der Waals surface area contributed by atoms with Gasteiger partial charge in [0.05, 0.1) is 22.8 Å². The lowest BCUT2D eigenvalue weighted by Crippen LogP contribution is -2.41. The molecule has 1 aliphatic heterocycles. The Labute approximate surface area is 171 Å². The second-order valence-corrected chi connectivity index (χ2v) is 9.22. The monoisotopic (exact) mass is 433 g/mol. The van der Waals surface area contributed by atoms with Crippen molar-refractivity contribution in [1.82, 2.24) is 15.2 Å². The molecular formula is C18H19N5O4S2. The molecule has 2 N–H and O–H groups in total. The highest BCUT2D eigenvalue weighted by Crippen LogP contribution is 2.37. The van der Waals surface area contributed by atoms with E-state index in [1.54, 1.807) is 50.2 Å². The molecule has 0 saturated carbocycles. The zero-order valence-corrected chi connectivity index (χ0v) is 17.8. The van der Waals surface area contributed by atoms with Gasteiger partial charge in [-0.2, -0.15) is 5.10 Å². The van der Waals surface area contributed by atoms with Gasteiger partial charge >= 0.3 is 0 Å². The molecule has 0 radical (unpaired) electrons. The Bertz CT molecular complexity index is 1200. The van der Waals surface area contributed by atoms with Crippen LogP contribution in [0.15, 0.2) is 28.5 Å². The van der Waals surface area contributed by atoms with Crippen LogP contribution in [0.5, 0.6) is 5.75 Å². The number of carbonyl (C=O) groups excluding carboxylic acids is 1. The van der Waals surface area contributed by atoms with Crippen molar-refractivity contribution in [3.8, 4) is 17.0 Å². The van der Waals surface area contributed by atoms with Gasteiger partial charge in [-0.1, -0.05) is 0 Å². The fourth-order valence-electron chi connectivity index (χ4n) is 3.23. The second kappa shape index (κ2) is 6.85. The van der Waals surface area contributed by atoms with Gasteiger partial charge in [-0.25, -0.2) is 13.4 Å². The van der Waals surface area contributed by atoms with Gasteiger partial charge < -0.3 is 9.64 Å². The normalized spacial score (nSPS) is 16.5. The van der Waals surface area contributed by atoms with Crippen LogP contribution in [-0.2, 0) is 14.8 Å². The van der Waals surface area contributed by atoms with Crippen molar-refractivity contribution in [1.29, 1.82) is 0 Å². The molecule has 4 rings (SSSR count). The van der Waals surface area contributed by atoms with Gasteiger partial charge in [0, 0.05) is 18.0 Å². The van der Waals surface area contributed by atoms with Gasteiger partial charge in [-0.05, 0) is 39.0 Å². The first-order valence-corrected chi connectivity index (χ1v) is 11.1. The first-order chi connectivity index (χ1) is 13.7. The summed E-state index contributed by atoms with van der Waals surface area (Å²) in [5, 5.41) is 8.60. The van der Waals surface area contributed by atoms with E-state index in [2.05, 4.69) is 19.9 Å². The molecular weight excluding hydrogens is 414 g/mol. The third kappa shape index (κ3) is 3.36. The molecule has 0 spiro atoms. The number of H-pyrrole nitrogens is 1. The molecule has 1 amide bonds. The summed E-state index contributed by atoms with van der Waals surface area (Å²) in [5.41, 5.74) is 2.84. The number of carbonyl (C=O) groups is 1. The number of aromatic amines is 1. The van der Waals surface area contributed by atoms with Crippen LogP contribution in [0.4, 0.5) is 10.8 Å². The molecule has 2 aromatic heterocycles. The molecule has 152 valence electrons. The first-order valence-electron chi connectivity index (χ1n) is 8.76. The molecule has 0 saturated heterocycles. The number of nitrogens with zero attached hydrogens (tertiary/aromatic N) is 3. The predicted octanol–water partition coefficient (Wildman–Crippen LogP) is 2.69. The zero-order valence-electron chi connectivity index (χ0n) is 16.2. The Morgan fingerprint density at radius 3 is 2.76 bits per heavy atom. The Morgan fingerprint density at radius 1 is 1.31 bits per heavy atom. The molecule has 29 heavy (non-hydrogen) atoms. The van der Waals surface area contributed by atoms with E-state index < -0.39 is 16.1 Å². The minimum absolute atomic E-state index is 0.120. The number of ether oxygens (including phenoxy) is 1. The number of rotatable bonds is 4. The van der Waals surface area contributed by atoms with Crippen LogP contribution in [0.25, 0.3) is 11.3 Å². The molecule has 1 atom stereocenters. The van der Waals surface area contributed by atoms with Crippen LogP contribution < -0.4 is 14.4 Å². The number of hydrogen-bond acceptors (Lipinski definition) is 7. The van der Waals surface area contributed by atoms with Crippen LogP contribution in [0.2, 0.25) is 0 Å². The molecule has 11 heteroatoms. The molecule has 0 aliphatic carbocycles. The largest absolute Gasteiger partial charge is 0.479 e. The van der Waals surface area contributed by atoms with Gasteiger partial charge in [0.25, 0.3) is 15.9 Å². The topological polar surface area (TPSA) is 117 Å². The van der Waals surface area contributed by atoms with E-state index in [4.69, 9.17) is 4.74 Å². The van der Waals surface area contributed by atoms with Crippen molar-refractivity contribution < 1.29 is 17.9 Å². The molecule has 1 aromatic carbocycles. The fraction of sp³-hybridized carbons (Fsp3) is 0.278. The van der Waals surface area contributed by atoms with Crippen LogP contribution in [0.3, 0.4) is 0 Å². The Kier molecular flexibility index (Phi) is 4.58. The standard InChI is InChI=1S/C18H19N5O4S2/c1-9-16(10(2)21-20-9)29(25,26)22-18-19-13(8-28-18)12-5-6-15-14(7-12)23(4)17(24)11(3)27-15/h5-8,11H,1-4H3,(H,19,22)(H,20,21). The van der Waals surface area contributed by atoms with Crippen molar-refractivity contribution in [2.24, 2.45) is 0 Å². The number of nitrogens with one attached hydrogen (secondary N) is 2. The van der Waals surface area contributed by atoms with E-state index in [0.717, 1.165) is 5.56 Å². The molecule has 0 bridgehead atoms. The number of amides is 1. The molecule has 3 aromatic rings. The quantitative estimate of drug-likeness (QED) is 0.653. The summed E-state index contributed by atoms with van der Waals surface area (Å²) in [7, 11) is -2.11. The van der Waals surface area contributed by atoms with Crippen LogP contribution in [0.1, 0.15) is 18.3 Å². The number of fused-ring (bicyclic) bond motifs is 1. The Balaban J connectivity index is 1.63. The lowest BCUT2D eigenvalue weighted by molar-refractivity contribution is -0.125. The Morgan fingerprint density at radius 2 is 2.07 bits per heavy atom. The van der Waals surface area contributed by atoms with Gasteiger partial charge in [-0.3, -0.25) is 14.6 Å². The molecule has 3 heterocycles. The second-order valence-electron chi connectivity index (χ2n) is 6.75. The van der Waals surface area contributed by atoms with Crippen LogP contribution in [0, 0.1) is 13.8 Å². The van der Waals surface area contributed by atoms with E-state index in [1.807, 2.05) is 6.07 Å². The van der Waals surface area contributed by atoms with Gasteiger partial charge in [-0.15, -0.1) is 11.3 Å². The number of aryl methyl sites for hydroxylation is 2. The number of anilines is 2. The molecule has 0 fully saturated rings. The maximum absolute atomic E-state index is 12.7. The van der Waals surface area contributed by atoms with Gasteiger partial charge in [0.2, 0.25) is 0 Å². The average molecular weight is 434 g/mol. The van der Waals surface area contributed by atoms with E-state index in [-0.39, 0.29) is 15.9 Å². The van der Waals surface area contributed by atoms with E-state index >= 15 is 0 Å². The van der Waals surface area contributed by atoms with E-state index in [0.29, 0.717) is 28.5 Å². The summed E-state index contributed by atoms with van der Waals surface area (Å²) >= 11 is 1.18. The SMILES string of the molecule is Cc1n[nH]c(C)c1S(=O)(=O)Nc1nc(-c2ccc3c(c2)N(C)C(=O)C(C)O3)cs1. The number of sulfonamides is 1. The highest BCUT2D eigenvalue weighted by molar-refractivity contribution is 7.93. The van der Waals surface area contributed by atoms with Crippen molar-refractivity contribution in [3.63, 3.8) is 0 Å². The lowest BCUT2D eigenvalue weighted by atomic mass is 10.1. The maximum atomic E-state index is 12.7. The number of aromatic nitrogens is 3. The summed E-state index contributed by atoms with van der Waals surface area (Å²) in [4.78, 5) is 18.2. The Hall–Kier alpha value is -2.92. The van der Waals surface area contributed by atoms with Crippen molar-refractivity contribution in [2.75, 3.05) is 16.7 Å². The number of benzene rings is 1. The maximum Gasteiger partial charge on any atom is 0.267 e. The van der Waals surface area contributed by atoms with Gasteiger partial charge in [0.1, 0.15) is 10.6 Å². The van der Waals surface area contributed by atoms with Crippen LogP contribution >= 0.6 is 11.3 Å². The molecule has 1 aliphatic rings. The lowest BCUT2D eigenvalue weighted by Gasteiger charge is -2.30. The number of hydrogen-bond donors (Lipinski definition) is 2. The third-order valence-corrected chi connectivity index (χ3v) is 7.14. The number of thiazole rings is 1. The fourth-order valence-corrected chi connectivity index (χ4v) is 5.57. The summed E-state index contributed by atoms with van der Waals surface area (Å²) in [6.07, 6.45) is -0.534. The predicted molar refractivity (Wildman–Crippen MR) is 110 cm³/mol. The summed E-state index contributed by atoms with van der Waals surface area (Å²) in [6.45, 7) is 4.98. The van der Waals surface area contributed by atoms with Crippen molar-refractivity contribution >= 4 is 38.1 Å². The van der Waals surface area contributed by atoms with E-state index in [9.17, 15) is 13.2 Å². The summed E-state index contributed by atoms with van der Waals surface area (Å²) < 4.78 is 33.5. The molecule has 1 unspecified atom stereocenters.